The van der Waals surface area contributed by atoms with Gasteiger partial charge in [-0.05, 0) is 31.5 Å². The van der Waals surface area contributed by atoms with Crippen molar-refractivity contribution in [3.8, 4) is 0 Å². The molecule has 1 amide bonds. The van der Waals surface area contributed by atoms with Crippen molar-refractivity contribution >= 4 is 11.7 Å². The molecule has 1 aromatic rings. The van der Waals surface area contributed by atoms with Crippen LogP contribution in [0.4, 0.5) is 5.82 Å². The van der Waals surface area contributed by atoms with E-state index in [0.29, 0.717) is 18.1 Å². The van der Waals surface area contributed by atoms with E-state index in [1.807, 2.05) is 0 Å². The molecule has 18 heavy (non-hydrogen) atoms. The maximum Gasteiger partial charge on any atom is 0.271 e. The molecule has 1 saturated carbocycles. The zero-order chi connectivity index (χ0) is 13.0. The summed E-state index contributed by atoms with van der Waals surface area (Å²) in [6.45, 7) is 4.69. The van der Waals surface area contributed by atoms with Crippen LogP contribution >= 0.6 is 0 Å². The number of nitrogens with zero attached hydrogens (tertiary/aromatic N) is 3. The molecule has 0 bridgehead atoms. The molecule has 0 aliphatic heterocycles. The van der Waals surface area contributed by atoms with Crippen molar-refractivity contribution in [3.05, 3.63) is 17.8 Å². The zero-order valence-corrected chi connectivity index (χ0v) is 10.6. The molecular weight excluding hydrogens is 230 g/mol. The Kier molecular flexibility index (Phi) is 4.09. The Labute approximate surface area is 107 Å². The average Bonchev–Trinajstić information content (AvgIpc) is 3.19. The van der Waals surface area contributed by atoms with E-state index >= 15 is 0 Å². The lowest BCUT2D eigenvalue weighted by Gasteiger charge is -2.19. The summed E-state index contributed by atoms with van der Waals surface area (Å²) < 4.78 is 0. The van der Waals surface area contributed by atoms with Gasteiger partial charge >= 0.3 is 0 Å². The summed E-state index contributed by atoms with van der Waals surface area (Å²) in [7, 11) is 0. The summed E-state index contributed by atoms with van der Waals surface area (Å²) in [5.74, 6) is 0.117. The number of hydrogen-bond acceptors (Lipinski definition) is 5. The van der Waals surface area contributed by atoms with Crippen LogP contribution in [0.25, 0.3) is 0 Å². The molecule has 0 spiro atoms. The third kappa shape index (κ3) is 3.40. The second-order valence-corrected chi connectivity index (χ2v) is 4.46. The van der Waals surface area contributed by atoms with Crippen LogP contribution in [-0.2, 0) is 0 Å². The minimum Gasteiger partial charge on any atom is -0.382 e. The van der Waals surface area contributed by atoms with Crippen molar-refractivity contribution < 1.29 is 4.79 Å². The monoisotopic (exact) mass is 249 g/mol. The van der Waals surface area contributed by atoms with E-state index in [9.17, 15) is 4.79 Å². The Balaban J connectivity index is 1.75. The number of aromatic nitrogens is 2. The number of nitrogens with two attached hydrogens (primary N) is 1. The van der Waals surface area contributed by atoms with Gasteiger partial charge in [-0.15, -0.1) is 10.2 Å². The molecule has 1 aromatic heterocycles. The van der Waals surface area contributed by atoms with E-state index < -0.39 is 0 Å². The maximum absolute atomic E-state index is 11.7. The highest BCUT2D eigenvalue weighted by Crippen LogP contribution is 2.25. The average molecular weight is 249 g/mol. The fourth-order valence-corrected chi connectivity index (χ4v) is 1.91. The lowest BCUT2D eigenvalue weighted by molar-refractivity contribution is 0.0942. The van der Waals surface area contributed by atoms with Crippen molar-refractivity contribution in [1.82, 2.24) is 20.4 Å². The molecule has 0 saturated heterocycles. The summed E-state index contributed by atoms with van der Waals surface area (Å²) in [5, 5.41) is 10.2. The van der Waals surface area contributed by atoms with Crippen LogP contribution in [-0.4, -0.2) is 46.7 Å². The van der Waals surface area contributed by atoms with Crippen molar-refractivity contribution in [2.24, 2.45) is 0 Å². The molecule has 2 rings (SSSR count). The molecule has 0 atom stereocenters. The van der Waals surface area contributed by atoms with Gasteiger partial charge in [-0.2, -0.15) is 0 Å². The highest BCUT2D eigenvalue weighted by molar-refractivity contribution is 5.92. The van der Waals surface area contributed by atoms with Gasteiger partial charge < -0.3 is 11.1 Å². The topological polar surface area (TPSA) is 84.1 Å². The Morgan fingerprint density at radius 2 is 2.28 bits per heavy atom. The summed E-state index contributed by atoms with van der Waals surface area (Å²) in [4.78, 5) is 14.1. The van der Waals surface area contributed by atoms with Gasteiger partial charge in [0.1, 0.15) is 5.82 Å². The van der Waals surface area contributed by atoms with Crippen LogP contribution < -0.4 is 11.1 Å². The summed E-state index contributed by atoms with van der Waals surface area (Å²) >= 11 is 0. The van der Waals surface area contributed by atoms with Gasteiger partial charge in [-0.25, -0.2) is 0 Å². The quantitative estimate of drug-likeness (QED) is 0.756. The smallest absolute Gasteiger partial charge is 0.271 e. The van der Waals surface area contributed by atoms with E-state index in [1.54, 1.807) is 12.1 Å². The van der Waals surface area contributed by atoms with Crippen LogP contribution in [0.1, 0.15) is 30.3 Å². The molecular formula is C12H19N5O. The lowest BCUT2D eigenvalue weighted by atomic mass is 10.3. The van der Waals surface area contributed by atoms with Crippen molar-refractivity contribution in [3.63, 3.8) is 0 Å². The van der Waals surface area contributed by atoms with Gasteiger partial charge in [-0.1, -0.05) is 6.92 Å². The van der Waals surface area contributed by atoms with E-state index in [2.05, 4.69) is 27.3 Å². The van der Waals surface area contributed by atoms with Gasteiger partial charge in [-0.3, -0.25) is 9.69 Å². The van der Waals surface area contributed by atoms with Crippen molar-refractivity contribution in [2.75, 3.05) is 25.4 Å². The van der Waals surface area contributed by atoms with Crippen LogP contribution in [0.3, 0.4) is 0 Å². The fourth-order valence-electron chi connectivity index (χ4n) is 1.91. The first-order valence-corrected chi connectivity index (χ1v) is 6.32. The number of anilines is 1. The summed E-state index contributed by atoms with van der Waals surface area (Å²) in [6, 6.07) is 3.88. The predicted octanol–water partition coefficient (Wildman–Crippen LogP) is 0.273. The number of carbonyl (C=O) groups excluding carboxylic acids is 1. The van der Waals surface area contributed by atoms with Crippen molar-refractivity contribution in [2.45, 2.75) is 25.8 Å². The minimum atomic E-state index is -0.200. The third-order valence-electron chi connectivity index (χ3n) is 3.07. The van der Waals surface area contributed by atoms with E-state index in [1.165, 1.54) is 12.8 Å². The molecule has 98 valence electrons. The molecule has 6 nitrogen and oxygen atoms in total. The third-order valence-corrected chi connectivity index (χ3v) is 3.07. The zero-order valence-electron chi connectivity index (χ0n) is 10.6. The lowest BCUT2D eigenvalue weighted by Crippen LogP contribution is -2.36. The highest BCUT2D eigenvalue weighted by atomic mass is 16.1. The molecule has 0 aromatic carbocycles. The van der Waals surface area contributed by atoms with Crippen LogP contribution in [0, 0.1) is 0 Å². The standard InChI is InChI=1S/C12H19N5O/c1-2-17(9-3-4-9)8-7-14-12(18)10-5-6-11(13)16-15-10/h5-6,9H,2-4,7-8H2,1H3,(H2,13,16)(H,14,18). The van der Waals surface area contributed by atoms with E-state index in [4.69, 9.17) is 5.73 Å². The van der Waals surface area contributed by atoms with Gasteiger partial charge in [0.2, 0.25) is 0 Å². The molecule has 0 unspecified atom stereocenters. The molecule has 1 aliphatic rings. The van der Waals surface area contributed by atoms with Gasteiger partial charge in [0.05, 0.1) is 0 Å². The Bertz CT molecular complexity index is 401. The number of rotatable bonds is 6. The molecule has 3 N–H and O–H groups in total. The maximum atomic E-state index is 11.7. The number of carbonyl (C=O) groups is 1. The number of nitrogens with one attached hydrogen (secondary N) is 1. The normalized spacial score (nSPS) is 14.8. The fraction of sp³-hybridized carbons (Fsp3) is 0.583. The Hall–Kier alpha value is -1.69. The van der Waals surface area contributed by atoms with Gasteiger partial charge in [0.25, 0.3) is 5.91 Å². The summed E-state index contributed by atoms with van der Waals surface area (Å²) in [6.07, 6.45) is 2.57. The molecule has 1 fully saturated rings. The first kappa shape index (κ1) is 12.8. The Morgan fingerprint density at radius 1 is 1.50 bits per heavy atom. The molecule has 0 radical (unpaired) electrons. The van der Waals surface area contributed by atoms with Crippen LogP contribution in [0.2, 0.25) is 0 Å². The van der Waals surface area contributed by atoms with Crippen LogP contribution in [0.15, 0.2) is 12.1 Å². The van der Waals surface area contributed by atoms with E-state index in [-0.39, 0.29) is 5.91 Å². The predicted molar refractivity (Wildman–Crippen MR) is 69.0 cm³/mol. The van der Waals surface area contributed by atoms with E-state index in [0.717, 1.165) is 19.1 Å². The molecule has 1 aliphatic carbocycles. The first-order valence-electron chi connectivity index (χ1n) is 6.32. The number of nitrogen functional groups attached to an aromatic ring is 1. The highest BCUT2D eigenvalue weighted by Gasteiger charge is 2.27. The van der Waals surface area contributed by atoms with Crippen molar-refractivity contribution in [1.29, 1.82) is 0 Å². The second-order valence-electron chi connectivity index (χ2n) is 4.46. The molecule has 6 heteroatoms. The van der Waals surface area contributed by atoms with Crippen LogP contribution in [0.5, 0.6) is 0 Å². The van der Waals surface area contributed by atoms with Gasteiger partial charge in [0.15, 0.2) is 5.69 Å². The number of likely N-dealkylation sites (N-methyl/N-ethyl adjacent to an activating group) is 1. The largest absolute Gasteiger partial charge is 0.382 e. The second kappa shape index (κ2) is 5.77. The first-order chi connectivity index (χ1) is 8.70. The minimum absolute atomic E-state index is 0.200. The van der Waals surface area contributed by atoms with Gasteiger partial charge in [0, 0.05) is 19.1 Å². The number of hydrogen-bond donors (Lipinski definition) is 2. The molecule has 1 heterocycles. The Morgan fingerprint density at radius 3 is 2.83 bits per heavy atom. The summed E-state index contributed by atoms with van der Waals surface area (Å²) in [5.41, 5.74) is 5.72. The SMILES string of the molecule is CCN(CCNC(=O)c1ccc(N)nn1)C1CC1. The number of amides is 1.